The predicted octanol–water partition coefficient (Wildman–Crippen LogP) is 3.45. The van der Waals surface area contributed by atoms with E-state index in [1.54, 1.807) is 27.0 Å². The lowest BCUT2D eigenvalue weighted by molar-refractivity contribution is -0.0512. The van der Waals surface area contributed by atoms with Crippen LogP contribution in [-0.4, -0.2) is 49.1 Å². The predicted molar refractivity (Wildman–Crippen MR) is 100 cm³/mol. The first kappa shape index (κ1) is 22.1. The Balaban J connectivity index is 2.16. The summed E-state index contributed by atoms with van der Waals surface area (Å²) in [6, 6.07) is 7.45. The van der Waals surface area contributed by atoms with Crippen LogP contribution in [0.15, 0.2) is 30.3 Å². The number of aromatic nitrogens is 1. The van der Waals surface area contributed by atoms with E-state index in [-0.39, 0.29) is 35.9 Å². The molecule has 2 aromatic rings. The van der Waals surface area contributed by atoms with Crippen molar-refractivity contribution in [1.29, 1.82) is 0 Å². The molecule has 0 saturated carbocycles. The number of alkyl halides is 2. The lowest BCUT2D eigenvalue weighted by Gasteiger charge is -2.18. The molecule has 1 aromatic carbocycles. The topological polar surface area (TPSA) is 78.0 Å². The molecule has 0 spiro atoms. The lowest BCUT2D eigenvalue weighted by Crippen LogP contribution is -2.27. The van der Waals surface area contributed by atoms with Crippen LogP contribution in [0.4, 0.5) is 8.78 Å². The Morgan fingerprint density at radius 2 is 1.90 bits per heavy atom. The van der Waals surface area contributed by atoms with E-state index in [1.165, 1.54) is 36.3 Å². The fraction of sp³-hybridized carbons (Fsp3) is 0.350. The van der Waals surface area contributed by atoms with Gasteiger partial charge in [-0.1, -0.05) is 6.07 Å². The number of carbonyl (C=O) groups is 2. The molecule has 1 amide bonds. The highest BCUT2D eigenvalue weighted by molar-refractivity contribution is 5.94. The number of esters is 1. The highest BCUT2D eigenvalue weighted by Crippen LogP contribution is 2.30. The van der Waals surface area contributed by atoms with E-state index in [4.69, 9.17) is 9.47 Å². The average Bonchev–Trinajstić information content (AvgIpc) is 2.67. The number of ether oxygens (including phenoxy) is 3. The fourth-order valence-electron chi connectivity index (χ4n) is 2.65. The van der Waals surface area contributed by atoms with Gasteiger partial charge in [0.05, 0.1) is 25.0 Å². The summed E-state index contributed by atoms with van der Waals surface area (Å²) in [4.78, 5) is 30.1. The van der Waals surface area contributed by atoms with Crippen molar-refractivity contribution < 1.29 is 32.6 Å². The van der Waals surface area contributed by atoms with Gasteiger partial charge in [0.25, 0.3) is 5.91 Å². The molecule has 0 N–H and O–H groups in total. The van der Waals surface area contributed by atoms with E-state index in [0.717, 1.165) is 0 Å². The molecule has 0 bridgehead atoms. The second-order valence-corrected chi connectivity index (χ2v) is 6.07. The van der Waals surface area contributed by atoms with Gasteiger partial charge in [-0.25, -0.2) is 9.78 Å². The van der Waals surface area contributed by atoms with Gasteiger partial charge in [0.2, 0.25) is 0 Å². The minimum Gasteiger partial charge on any atom is -0.493 e. The molecule has 0 aliphatic rings. The van der Waals surface area contributed by atoms with Crippen LogP contribution in [0.3, 0.4) is 0 Å². The third-order valence-electron chi connectivity index (χ3n) is 4.01. The molecule has 2 rings (SSSR count). The van der Waals surface area contributed by atoms with Gasteiger partial charge in [-0.15, -0.1) is 0 Å². The minimum atomic E-state index is -3.00. The number of pyridine rings is 1. The molecule has 1 heterocycles. The first-order valence-electron chi connectivity index (χ1n) is 8.78. The average molecular weight is 408 g/mol. The van der Waals surface area contributed by atoms with Gasteiger partial charge >= 0.3 is 12.6 Å². The largest absolute Gasteiger partial charge is 0.493 e. The smallest absolute Gasteiger partial charge is 0.387 e. The zero-order valence-corrected chi connectivity index (χ0v) is 16.6. The van der Waals surface area contributed by atoms with Crippen LogP contribution in [0.5, 0.6) is 11.5 Å². The summed E-state index contributed by atoms with van der Waals surface area (Å²) in [5.74, 6) is -0.853. The summed E-state index contributed by atoms with van der Waals surface area (Å²) >= 11 is 0. The second-order valence-electron chi connectivity index (χ2n) is 6.07. The number of halogens is 2. The second kappa shape index (κ2) is 9.81. The van der Waals surface area contributed by atoms with Gasteiger partial charge in [0.1, 0.15) is 5.69 Å². The zero-order chi connectivity index (χ0) is 21.6. The van der Waals surface area contributed by atoms with E-state index >= 15 is 0 Å². The third-order valence-corrected chi connectivity index (χ3v) is 4.01. The number of amides is 1. The maximum absolute atomic E-state index is 12.7. The number of aryl methyl sites for hydroxylation is 1. The van der Waals surface area contributed by atoms with Gasteiger partial charge in [-0.3, -0.25) is 4.79 Å². The van der Waals surface area contributed by atoms with E-state index in [9.17, 15) is 18.4 Å². The molecular weight excluding hydrogens is 386 g/mol. The molecule has 7 nitrogen and oxygen atoms in total. The number of methoxy groups -OCH3 is 1. The molecule has 0 unspecified atom stereocenters. The van der Waals surface area contributed by atoms with Crippen LogP contribution < -0.4 is 9.47 Å². The first-order valence-corrected chi connectivity index (χ1v) is 8.78. The van der Waals surface area contributed by atoms with E-state index in [0.29, 0.717) is 11.3 Å². The summed E-state index contributed by atoms with van der Waals surface area (Å²) in [5.41, 5.74) is 1.38. The van der Waals surface area contributed by atoms with Crippen molar-refractivity contribution in [2.24, 2.45) is 0 Å². The standard InChI is InChI=1S/C20H22F2N2O5/c1-5-28-19(26)14-7-8-15(23-12(14)2)18(25)24(3)11-13-6-9-16(27-4)17(10-13)29-20(21)22/h6-10,20H,5,11H2,1-4H3. The molecular formula is C20H22F2N2O5. The fourth-order valence-corrected chi connectivity index (χ4v) is 2.65. The molecule has 0 atom stereocenters. The molecule has 156 valence electrons. The van der Waals surface area contributed by atoms with Gasteiger partial charge < -0.3 is 19.1 Å². The Morgan fingerprint density at radius 3 is 2.48 bits per heavy atom. The van der Waals surface area contributed by atoms with Crippen molar-refractivity contribution in [3.8, 4) is 11.5 Å². The quantitative estimate of drug-likeness (QED) is 0.623. The molecule has 0 aliphatic heterocycles. The number of carbonyl (C=O) groups excluding carboxylic acids is 2. The van der Waals surface area contributed by atoms with Gasteiger partial charge in [0.15, 0.2) is 11.5 Å². The summed E-state index contributed by atoms with van der Waals surface area (Å²) in [7, 11) is 2.90. The van der Waals surface area contributed by atoms with E-state index in [1.807, 2.05) is 0 Å². The number of benzene rings is 1. The van der Waals surface area contributed by atoms with Crippen molar-refractivity contribution in [2.45, 2.75) is 27.0 Å². The highest BCUT2D eigenvalue weighted by atomic mass is 19.3. The Bertz CT molecular complexity index is 889. The van der Waals surface area contributed by atoms with Gasteiger partial charge in [-0.2, -0.15) is 8.78 Å². The molecule has 0 radical (unpaired) electrons. The monoisotopic (exact) mass is 408 g/mol. The number of hydrogen-bond donors (Lipinski definition) is 0. The number of rotatable bonds is 8. The Kier molecular flexibility index (Phi) is 7.46. The van der Waals surface area contributed by atoms with Crippen molar-refractivity contribution in [1.82, 2.24) is 9.88 Å². The van der Waals surface area contributed by atoms with E-state index < -0.39 is 18.5 Å². The molecule has 0 saturated heterocycles. The van der Waals surface area contributed by atoms with Crippen LogP contribution in [0.2, 0.25) is 0 Å². The lowest BCUT2D eigenvalue weighted by atomic mass is 10.1. The van der Waals surface area contributed by atoms with E-state index in [2.05, 4.69) is 9.72 Å². The zero-order valence-electron chi connectivity index (χ0n) is 16.6. The van der Waals surface area contributed by atoms with Crippen LogP contribution in [0.1, 0.15) is 39.0 Å². The van der Waals surface area contributed by atoms with Gasteiger partial charge in [-0.05, 0) is 43.7 Å². The Labute approximate surface area is 167 Å². The van der Waals surface area contributed by atoms with Crippen molar-refractivity contribution in [3.05, 3.63) is 52.8 Å². The van der Waals surface area contributed by atoms with Crippen LogP contribution >= 0.6 is 0 Å². The number of nitrogens with zero attached hydrogens (tertiary/aromatic N) is 2. The summed E-state index contributed by atoms with van der Waals surface area (Å²) in [6.45, 7) is 0.678. The van der Waals surface area contributed by atoms with Crippen LogP contribution in [0, 0.1) is 6.92 Å². The molecule has 1 aromatic heterocycles. The maximum atomic E-state index is 12.7. The SMILES string of the molecule is CCOC(=O)c1ccc(C(=O)N(C)Cc2ccc(OC)c(OC(F)F)c2)nc1C. The van der Waals surface area contributed by atoms with Crippen LogP contribution in [0.25, 0.3) is 0 Å². The highest BCUT2D eigenvalue weighted by Gasteiger charge is 2.19. The molecule has 0 fully saturated rings. The van der Waals surface area contributed by atoms with Crippen molar-refractivity contribution in [2.75, 3.05) is 20.8 Å². The van der Waals surface area contributed by atoms with Crippen molar-refractivity contribution >= 4 is 11.9 Å². The molecule has 9 heteroatoms. The first-order chi connectivity index (χ1) is 13.8. The Hall–Kier alpha value is -3.23. The van der Waals surface area contributed by atoms with Gasteiger partial charge in [0, 0.05) is 13.6 Å². The summed E-state index contributed by atoms with van der Waals surface area (Å²) < 4.78 is 39.5. The summed E-state index contributed by atoms with van der Waals surface area (Å²) in [5, 5.41) is 0. The van der Waals surface area contributed by atoms with Crippen molar-refractivity contribution in [3.63, 3.8) is 0 Å². The maximum Gasteiger partial charge on any atom is 0.387 e. The Morgan fingerprint density at radius 1 is 1.17 bits per heavy atom. The summed E-state index contributed by atoms with van der Waals surface area (Å²) in [6.07, 6.45) is 0. The molecule has 0 aliphatic carbocycles. The molecule has 29 heavy (non-hydrogen) atoms. The third kappa shape index (κ3) is 5.63. The van der Waals surface area contributed by atoms with Crippen LogP contribution in [-0.2, 0) is 11.3 Å². The number of hydrogen-bond acceptors (Lipinski definition) is 6. The minimum absolute atomic E-state index is 0.117. The normalized spacial score (nSPS) is 10.6.